The van der Waals surface area contributed by atoms with Gasteiger partial charge in [0.25, 0.3) is 10.0 Å². The van der Waals surface area contributed by atoms with Gasteiger partial charge in [0, 0.05) is 29.8 Å². The third-order valence-electron chi connectivity index (χ3n) is 4.26. The van der Waals surface area contributed by atoms with Gasteiger partial charge < -0.3 is 5.32 Å². The molecule has 2 heterocycles. The van der Waals surface area contributed by atoms with Crippen molar-refractivity contribution in [1.29, 1.82) is 0 Å². The second-order valence-electron chi connectivity index (χ2n) is 6.34. The first-order chi connectivity index (χ1) is 14.4. The highest BCUT2D eigenvalue weighted by Gasteiger charge is 2.18. The SMILES string of the molecule is Cc1nccn1-c1cc(Nc2ccc(NS(=O)(=O)c3ccccc3F)cc2)ncn1. The fourth-order valence-corrected chi connectivity index (χ4v) is 3.95. The quantitative estimate of drug-likeness (QED) is 0.490. The maximum atomic E-state index is 13.8. The first kappa shape index (κ1) is 19.5. The highest BCUT2D eigenvalue weighted by molar-refractivity contribution is 7.92. The number of imidazole rings is 1. The fourth-order valence-electron chi connectivity index (χ4n) is 2.81. The molecule has 8 nitrogen and oxygen atoms in total. The van der Waals surface area contributed by atoms with Crippen molar-refractivity contribution in [2.45, 2.75) is 11.8 Å². The number of nitrogens with one attached hydrogen (secondary N) is 2. The van der Waals surface area contributed by atoms with Gasteiger partial charge in [0.1, 0.15) is 34.5 Å². The van der Waals surface area contributed by atoms with Crippen LogP contribution in [0.5, 0.6) is 0 Å². The lowest BCUT2D eigenvalue weighted by Gasteiger charge is -2.11. The minimum absolute atomic E-state index is 0.307. The molecule has 2 aromatic heterocycles. The Morgan fingerprint density at radius 2 is 1.70 bits per heavy atom. The molecule has 0 bridgehead atoms. The third-order valence-corrected chi connectivity index (χ3v) is 5.68. The summed E-state index contributed by atoms with van der Waals surface area (Å²) in [6.45, 7) is 1.87. The van der Waals surface area contributed by atoms with E-state index in [9.17, 15) is 12.8 Å². The van der Waals surface area contributed by atoms with Crippen molar-refractivity contribution in [1.82, 2.24) is 19.5 Å². The van der Waals surface area contributed by atoms with Crippen LogP contribution in [0, 0.1) is 12.7 Å². The maximum absolute atomic E-state index is 13.8. The number of sulfonamides is 1. The summed E-state index contributed by atoms with van der Waals surface area (Å²) in [6.07, 6.45) is 4.93. The summed E-state index contributed by atoms with van der Waals surface area (Å²) < 4.78 is 42.8. The molecule has 30 heavy (non-hydrogen) atoms. The zero-order valence-corrected chi connectivity index (χ0v) is 16.6. The number of halogens is 1. The number of aryl methyl sites for hydroxylation is 1. The van der Waals surface area contributed by atoms with Crippen LogP contribution in [0.15, 0.2) is 78.2 Å². The highest BCUT2D eigenvalue weighted by Crippen LogP contribution is 2.22. The predicted octanol–water partition coefficient (Wildman–Crippen LogP) is 3.65. The van der Waals surface area contributed by atoms with Crippen molar-refractivity contribution < 1.29 is 12.8 Å². The Bertz CT molecular complexity index is 1290. The fraction of sp³-hybridized carbons (Fsp3) is 0.0500. The normalized spacial score (nSPS) is 11.3. The summed E-state index contributed by atoms with van der Waals surface area (Å²) in [7, 11) is -4.03. The van der Waals surface area contributed by atoms with Gasteiger partial charge in [-0.2, -0.15) is 0 Å². The van der Waals surface area contributed by atoms with Crippen LogP contribution in [0.3, 0.4) is 0 Å². The van der Waals surface area contributed by atoms with Crippen LogP contribution in [0.4, 0.5) is 21.6 Å². The zero-order chi connectivity index (χ0) is 21.1. The Morgan fingerprint density at radius 3 is 2.40 bits per heavy atom. The van der Waals surface area contributed by atoms with Crippen molar-refractivity contribution in [3.8, 4) is 5.82 Å². The molecule has 0 aliphatic carbocycles. The number of rotatable bonds is 6. The number of hydrogen-bond acceptors (Lipinski definition) is 6. The maximum Gasteiger partial charge on any atom is 0.264 e. The lowest BCUT2D eigenvalue weighted by Crippen LogP contribution is -2.14. The van der Waals surface area contributed by atoms with Gasteiger partial charge in [0.2, 0.25) is 0 Å². The van der Waals surface area contributed by atoms with E-state index >= 15 is 0 Å². The number of aromatic nitrogens is 4. The van der Waals surface area contributed by atoms with E-state index in [2.05, 4.69) is 25.0 Å². The first-order valence-corrected chi connectivity index (χ1v) is 10.4. The second kappa shape index (κ2) is 7.91. The first-order valence-electron chi connectivity index (χ1n) is 8.89. The smallest absolute Gasteiger partial charge is 0.264 e. The summed E-state index contributed by atoms with van der Waals surface area (Å²) in [5, 5.41) is 3.13. The summed E-state index contributed by atoms with van der Waals surface area (Å²) in [5.74, 6) is 1.21. The number of hydrogen-bond donors (Lipinski definition) is 2. The molecule has 4 rings (SSSR count). The molecule has 10 heteroatoms. The van der Waals surface area contributed by atoms with Crippen LogP contribution in [-0.4, -0.2) is 27.9 Å². The van der Waals surface area contributed by atoms with Gasteiger partial charge in [-0.25, -0.2) is 27.8 Å². The molecular weight excluding hydrogens is 407 g/mol. The van der Waals surface area contributed by atoms with Gasteiger partial charge in [0.15, 0.2) is 0 Å². The summed E-state index contributed by atoms with van der Waals surface area (Å²) in [5.41, 5.74) is 0.997. The molecule has 0 aliphatic rings. The van der Waals surface area contributed by atoms with Crippen LogP contribution in [0.2, 0.25) is 0 Å². The van der Waals surface area contributed by atoms with E-state index < -0.39 is 20.7 Å². The zero-order valence-electron chi connectivity index (χ0n) is 15.8. The van der Waals surface area contributed by atoms with E-state index in [1.807, 2.05) is 11.5 Å². The minimum Gasteiger partial charge on any atom is -0.340 e. The molecule has 4 aromatic rings. The molecule has 0 fully saturated rings. The lowest BCUT2D eigenvalue weighted by atomic mass is 10.3. The lowest BCUT2D eigenvalue weighted by molar-refractivity contribution is 0.570. The van der Waals surface area contributed by atoms with Crippen LogP contribution in [-0.2, 0) is 10.0 Å². The van der Waals surface area contributed by atoms with E-state index in [1.54, 1.807) is 42.7 Å². The van der Waals surface area contributed by atoms with Gasteiger partial charge >= 0.3 is 0 Å². The minimum atomic E-state index is -4.03. The molecule has 0 aliphatic heterocycles. The number of anilines is 3. The Labute approximate surface area is 172 Å². The Kier molecular flexibility index (Phi) is 5.15. The molecule has 0 amide bonds. The number of nitrogens with zero attached hydrogens (tertiary/aromatic N) is 4. The third kappa shape index (κ3) is 4.13. The molecular formula is C20H17FN6O2S. The number of benzene rings is 2. The molecule has 2 N–H and O–H groups in total. The van der Waals surface area contributed by atoms with Crippen molar-refractivity contribution >= 4 is 27.2 Å². The highest BCUT2D eigenvalue weighted by atomic mass is 32.2. The van der Waals surface area contributed by atoms with Gasteiger partial charge in [-0.15, -0.1) is 0 Å². The largest absolute Gasteiger partial charge is 0.340 e. The summed E-state index contributed by atoms with van der Waals surface area (Å²) >= 11 is 0. The average molecular weight is 424 g/mol. The van der Waals surface area contributed by atoms with Crippen LogP contribution in [0.1, 0.15) is 5.82 Å². The van der Waals surface area contributed by atoms with Crippen molar-refractivity contribution in [2.75, 3.05) is 10.0 Å². The standard InChI is InChI=1S/C20H17FN6O2S/c1-14-22-10-11-27(14)20-12-19(23-13-24-20)25-15-6-8-16(9-7-15)26-30(28,29)18-5-3-2-4-17(18)21/h2-13,26H,1H3,(H,23,24,25). The average Bonchev–Trinajstić information content (AvgIpc) is 3.16. The van der Waals surface area contributed by atoms with E-state index in [0.717, 1.165) is 11.9 Å². The summed E-state index contributed by atoms with van der Waals surface area (Å²) in [4.78, 5) is 12.2. The van der Waals surface area contributed by atoms with E-state index in [1.165, 1.54) is 24.5 Å². The molecule has 0 atom stereocenters. The monoisotopic (exact) mass is 424 g/mol. The van der Waals surface area contributed by atoms with Crippen molar-refractivity contribution in [3.63, 3.8) is 0 Å². The van der Waals surface area contributed by atoms with Crippen molar-refractivity contribution in [3.05, 3.63) is 85.0 Å². The molecule has 2 aromatic carbocycles. The van der Waals surface area contributed by atoms with Crippen LogP contribution < -0.4 is 10.0 Å². The molecule has 0 radical (unpaired) electrons. The Balaban J connectivity index is 1.50. The van der Waals surface area contributed by atoms with E-state index in [-0.39, 0.29) is 0 Å². The molecule has 0 saturated carbocycles. The van der Waals surface area contributed by atoms with E-state index in [4.69, 9.17) is 0 Å². The predicted molar refractivity (Wildman–Crippen MR) is 111 cm³/mol. The molecule has 0 saturated heterocycles. The Morgan fingerprint density at radius 1 is 0.967 bits per heavy atom. The van der Waals surface area contributed by atoms with E-state index in [0.29, 0.717) is 23.0 Å². The van der Waals surface area contributed by atoms with Gasteiger partial charge in [-0.1, -0.05) is 12.1 Å². The van der Waals surface area contributed by atoms with Crippen LogP contribution in [0.25, 0.3) is 5.82 Å². The second-order valence-corrected chi connectivity index (χ2v) is 7.99. The summed E-state index contributed by atoms with van der Waals surface area (Å²) in [6, 6.07) is 13.5. The van der Waals surface area contributed by atoms with Crippen LogP contribution >= 0.6 is 0 Å². The topological polar surface area (TPSA) is 102 Å². The molecule has 0 spiro atoms. The molecule has 152 valence electrons. The van der Waals surface area contributed by atoms with Gasteiger partial charge in [-0.05, 0) is 43.3 Å². The van der Waals surface area contributed by atoms with Gasteiger partial charge in [0.05, 0.1) is 0 Å². The van der Waals surface area contributed by atoms with Gasteiger partial charge in [-0.3, -0.25) is 9.29 Å². The Hall–Kier alpha value is -3.79. The molecule has 0 unspecified atom stereocenters. The van der Waals surface area contributed by atoms with Crippen molar-refractivity contribution in [2.24, 2.45) is 0 Å².